The lowest BCUT2D eigenvalue weighted by atomic mass is 9.97. The summed E-state index contributed by atoms with van der Waals surface area (Å²) in [6, 6.07) is 7.25. The van der Waals surface area contributed by atoms with Gasteiger partial charge in [-0.15, -0.1) is 12.4 Å². The van der Waals surface area contributed by atoms with Gasteiger partial charge in [0.05, 0.1) is 5.92 Å². The molecule has 9 heteroatoms. The van der Waals surface area contributed by atoms with Crippen LogP contribution in [0.4, 0.5) is 5.69 Å². The van der Waals surface area contributed by atoms with Crippen molar-refractivity contribution in [1.82, 2.24) is 10.2 Å². The van der Waals surface area contributed by atoms with Crippen molar-refractivity contribution in [2.45, 2.75) is 25.7 Å². The Kier molecular flexibility index (Phi) is 8.72. The second-order valence-electron chi connectivity index (χ2n) is 7.19. The molecule has 0 aliphatic carbocycles. The van der Waals surface area contributed by atoms with Gasteiger partial charge < -0.3 is 25.6 Å². The Morgan fingerprint density at radius 2 is 2.07 bits per heavy atom. The van der Waals surface area contributed by atoms with E-state index in [1.807, 2.05) is 12.1 Å². The van der Waals surface area contributed by atoms with Crippen LogP contribution >= 0.6 is 12.4 Å². The Morgan fingerprint density at radius 3 is 2.79 bits per heavy atom. The predicted octanol–water partition coefficient (Wildman–Crippen LogP) is 0.928. The van der Waals surface area contributed by atoms with E-state index in [0.717, 1.165) is 24.9 Å². The maximum atomic E-state index is 12.5. The molecule has 0 aromatic heterocycles. The molecule has 1 aromatic carbocycles. The van der Waals surface area contributed by atoms with E-state index in [1.165, 1.54) is 0 Å². The Labute approximate surface area is 177 Å². The largest absolute Gasteiger partial charge is 0.484 e. The van der Waals surface area contributed by atoms with Crippen molar-refractivity contribution in [3.8, 4) is 5.75 Å². The number of piperidine rings is 1. The predicted molar refractivity (Wildman–Crippen MR) is 112 cm³/mol. The first-order chi connectivity index (χ1) is 13.6. The topological polar surface area (TPSA) is 105 Å². The van der Waals surface area contributed by atoms with Gasteiger partial charge in [0, 0.05) is 50.9 Å². The first-order valence-electron chi connectivity index (χ1n) is 9.87. The highest BCUT2D eigenvalue weighted by atomic mass is 35.5. The summed E-state index contributed by atoms with van der Waals surface area (Å²) in [5, 5.41) is 2.79. The summed E-state index contributed by atoms with van der Waals surface area (Å²) in [6.07, 6.45) is 2.99. The van der Waals surface area contributed by atoms with Crippen LogP contribution in [0.15, 0.2) is 24.3 Å². The van der Waals surface area contributed by atoms with Gasteiger partial charge in [0.1, 0.15) is 5.75 Å². The molecule has 1 atom stereocenters. The zero-order chi connectivity index (χ0) is 19.9. The number of anilines is 1. The molecule has 1 aromatic rings. The maximum absolute atomic E-state index is 12.5. The molecule has 8 nitrogen and oxygen atoms in total. The number of ether oxygens (including phenoxy) is 1. The van der Waals surface area contributed by atoms with E-state index in [4.69, 9.17) is 10.5 Å². The number of hydrogen-bond acceptors (Lipinski definition) is 5. The van der Waals surface area contributed by atoms with Crippen LogP contribution in [-0.2, 0) is 14.4 Å². The van der Waals surface area contributed by atoms with E-state index in [9.17, 15) is 14.4 Å². The van der Waals surface area contributed by atoms with Crippen LogP contribution in [0.2, 0.25) is 0 Å². The number of nitrogens with two attached hydrogens (primary N) is 1. The number of nitrogens with one attached hydrogen (secondary N) is 1. The van der Waals surface area contributed by atoms with Crippen molar-refractivity contribution >= 4 is 35.8 Å². The number of benzene rings is 1. The third-order valence-electron chi connectivity index (χ3n) is 5.15. The zero-order valence-corrected chi connectivity index (χ0v) is 17.3. The number of rotatable bonds is 7. The zero-order valence-electron chi connectivity index (χ0n) is 16.5. The number of halogens is 1. The summed E-state index contributed by atoms with van der Waals surface area (Å²) in [5.74, 6) is 0.278. The third-order valence-corrected chi connectivity index (χ3v) is 5.15. The monoisotopic (exact) mass is 424 g/mol. The molecule has 0 saturated carbocycles. The minimum Gasteiger partial charge on any atom is -0.484 e. The number of nitrogens with zero attached hydrogens (tertiary/aromatic N) is 2. The Balaban J connectivity index is 0.00000300. The number of amides is 3. The lowest BCUT2D eigenvalue weighted by Crippen LogP contribution is -2.47. The van der Waals surface area contributed by atoms with Crippen LogP contribution < -0.4 is 20.7 Å². The molecule has 1 unspecified atom stereocenters. The van der Waals surface area contributed by atoms with E-state index in [2.05, 4.69) is 5.32 Å². The molecule has 0 bridgehead atoms. The van der Waals surface area contributed by atoms with Gasteiger partial charge in [-0.3, -0.25) is 14.4 Å². The molecule has 2 saturated heterocycles. The molecule has 2 aliphatic heterocycles. The van der Waals surface area contributed by atoms with E-state index >= 15 is 0 Å². The van der Waals surface area contributed by atoms with Crippen LogP contribution in [0, 0.1) is 5.92 Å². The number of likely N-dealkylation sites (tertiary alicyclic amines) is 1. The standard InChI is InChI=1S/C20H28N4O4.ClH/c21-8-9-22-20(27)15-4-2-10-23(13-15)19(26)14-28-17-6-1-5-16(12-17)24-11-3-7-18(24)25;/h1,5-6,12,15H,2-4,7-11,13-14,21H2,(H,22,27);1H. The number of carbonyl (C=O) groups is 3. The maximum Gasteiger partial charge on any atom is 0.260 e. The lowest BCUT2D eigenvalue weighted by Gasteiger charge is -2.32. The van der Waals surface area contributed by atoms with E-state index in [0.29, 0.717) is 44.9 Å². The first-order valence-corrected chi connectivity index (χ1v) is 9.87. The molecule has 3 amide bonds. The summed E-state index contributed by atoms with van der Waals surface area (Å²) < 4.78 is 5.67. The van der Waals surface area contributed by atoms with E-state index in [-0.39, 0.29) is 42.7 Å². The quantitative estimate of drug-likeness (QED) is 0.677. The second-order valence-corrected chi connectivity index (χ2v) is 7.19. The Morgan fingerprint density at radius 1 is 1.24 bits per heavy atom. The van der Waals surface area contributed by atoms with Crippen LogP contribution in [0.1, 0.15) is 25.7 Å². The van der Waals surface area contributed by atoms with Gasteiger partial charge >= 0.3 is 0 Å². The molecular formula is C20H29ClN4O4. The fourth-order valence-corrected chi connectivity index (χ4v) is 3.66. The van der Waals surface area contributed by atoms with Crippen LogP contribution in [-0.4, -0.2) is 62.0 Å². The summed E-state index contributed by atoms with van der Waals surface area (Å²) >= 11 is 0. The van der Waals surface area contributed by atoms with Crippen molar-refractivity contribution in [2.75, 3.05) is 44.2 Å². The van der Waals surface area contributed by atoms with Crippen molar-refractivity contribution in [1.29, 1.82) is 0 Å². The van der Waals surface area contributed by atoms with Gasteiger partial charge in [-0.25, -0.2) is 0 Å². The first kappa shape index (κ1) is 23.0. The van der Waals surface area contributed by atoms with E-state index in [1.54, 1.807) is 21.9 Å². The summed E-state index contributed by atoms with van der Waals surface area (Å²) in [4.78, 5) is 40.0. The summed E-state index contributed by atoms with van der Waals surface area (Å²) in [7, 11) is 0. The smallest absolute Gasteiger partial charge is 0.260 e. The van der Waals surface area contributed by atoms with Crippen molar-refractivity contribution in [2.24, 2.45) is 11.7 Å². The minimum absolute atomic E-state index is 0. The fraction of sp³-hybridized carbons (Fsp3) is 0.550. The number of carbonyl (C=O) groups excluding carboxylic acids is 3. The average Bonchev–Trinajstić information content (AvgIpc) is 3.16. The van der Waals surface area contributed by atoms with Gasteiger partial charge in [-0.1, -0.05) is 6.07 Å². The van der Waals surface area contributed by atoms with E-state index < -0.39 is 0 Å². The number of hydrogen-bond donors (Lipinski definition) is 2. The Bertz CT molecular complexity index is 730. The average molecular weight is 425 g/mol. The van der Waals surface area contributed by atoms with Crippen molar-refractivity contribution in [3.63, 3.8) is 0 Å². The molecule has 0 radical (unpaired) electrons. The SMILES string of the molecule is Cl.NCCNC(=O)C1CCCN(C(=O)COc2cccc(N3CCCC3=O)c2)C1. The van der Waals surface area contributed by atoms with Gasteiger partial charge in [-0.2, -0.15) is 0 Å². The fourth-order valence-electron chi connectivity index (χ4n) is 3.66. The molecule has 160 valence electrons. The minimum atomic E-state index is -0.200. The molecule has 2 aliphatic rings. The molecule has 29 heavy (non-hydrogen) atoms. The highest BCUT2D eigenvalue weighted by Crippen LogP contribution is 2.25. The second kappa shape index (κ2) is 11.0. The Hall–Kier alpha value is -2.32. The van der Waals surface area contributed by atoms with Gasteiger partial charge in [-0.05, 0) is 31.4 Å². The van der Waals surface area contributed by atoms with Gasteiger partial charge in [0.25, 0.3) is 5.91 Å². The third kappa shape index (κ3) is 6.08. The van der Waals surface area contributed by atoms with Crippen molar-refractivity contribution in [3.05, 3.63) is 24.3 Å². The summed E-state index contributed by atoms with van der Waals surface area (Å²) in [6.45, 7) is 2.50. The highest BCUT2D eigenvalue weighted by molar-refractivity contribution is 5.95. The summed E-state index contributed by atoms with van der Waals surface area (Å²) in [5.41, 5.74) is 6.21. The molecule has 3 rings (SSSR count). The van der Waals surface area contributed by atoms with Crippen LogP contribution in [0.25, 0.3) is 0 Å². The molecule has 2 heterocycles. The van der Waals surface area contributed by atoms with Gasteiger partial charge in [0.2, 0.25) is 11.8 Å². The highest BCUT2D eigenvalue weighted by Gasteiger charge is 2.28. The van der Waals surface area contributed by atoms with Crippen LogP contribution in [0.3, 0.4) is 0 Å². The molecule has 0 spiro atoms. The molecular weight excluding hydrogens is 396 g/mol. The molecule has 3 N–H and O–H groups in total. The lowest BCUT2D eigenvalue weighted by molar-refractivity contribution is -0.137. The van der Waals surface area contributed by atoms with Crippen LogP contribution in [0.5, 0.6) is 5.75 Å². The normalized spacial score (nSPS) is 18.9. The van der Waals surface area contributed by atoms with Gasteiger partial charge in [0.15, 0.2) is 6.61 Å². The van der Waals surface area contributed by atoms with Crippen molar-refractivity contribution < 1.29 is 19.1 Å². The molecule has 2 fully saturated rings.